The molecule has 0 radical (unpaired) electrons. The first kappa shape index (κ1) is 19.2. The highest BCUT2D eigenvalue weighted by atomic mass is 32.2. The predicted octanol–water partition coefficient (Wildman–Crippen LogP) is 3.87. The minimum atomic E-state index is 0.145. The van der Waals surface area contributed by atoms with Crippen molar-refractivity contribution in [2.24, 2.45) is 0 Å². The Morgan fingerprint density at radius 2 is 1.79 bits per heavy atom. The number of nitrogens with zero attached hydrogens (tertiary/aromatic N) is 2. The molecule has 2 aromatic carbocycles. The van der Waals surface area contributed by atoms with Crippen molar-refractivity contribution < 1.29 is 14.3 Å². The predicted molar refractivity (Wildman–Crippen MR) is 111 cm³/mol. The van der Waals surface area contributed by atoms with E-state index < -0.39 is 0 Å². The number of benzene rings is 2. The van der Waals surface area contributed by atoms with Gasteiger partial charge in [0.05, 0.1) is 5.56 Å². The summed E-state index contributed by atoms with van der Waals surface area (Å²) >= 11 is 1.75. The summed E-state index contributed by atoms with van der Waals surface area (Å²) in [6.07, 6.45) is 0. The molecule has 0 saturated carbocycles. The van der Waals surface area contributed by atoms with Gasteiger partial charge in [0, 0.05) is 42.9 Å². The summed E-state index contributed by atoms with van der Waals surface area (Å²) in [5.41, 5.74) is 2.04. The van der Waals surface area contributed by atoms with Crippen LogP contribution in [0.15, 0.2) is 47.4 Å². The number of amides is 1. The number of carbonyl (C=O) groups is 1. The molecule has 2 aliphatic heterocycles. The maximum absolute atomic E-state index is 13.1. The largest absolute Gasteiger partial charge is 0.454 e. The molecule has 6 heteroatoms. The monoisotopic (exact) mass is 398 g/mol. The Morgan fingerprint density at radius 1 is 1.04 bits per heavy atom. The van der Waals surface area contributed by atoms with Gasteiger partial charge in [-0.15, -0.1) is 11.8 Å². The third kappa shape index (κ3) is 4.28. The fourth-order valence-electron chi connectivity index (χ4n) is 3.58. The van der Waals surface area contributed by atoms with Gasteiger partial charge < -0.3 is 14.4 Å². The van der Waals surface area contributed by atoms with Gasteiger partial charge in [-0.2, -0.15) is 0 Å². The molecule has 1 amide bonds. The smallest absolute Gasteiger partial charge is 0.255 e. The van der Waals surface area contributed by atoms with Crippen LogP contribution in [-0.2, 0) is 6.54 Å². The molecule has 28 heavy (non-hydrogen) atoms. The number of rotatable bonds is 5. The second kappa shape index (κ2) is 8.45. The highest BCUT2D eigenvalue weighted by Gasteiger charge is 2.24. The molecule has 0 unspecified atom stereocenters. The summed E-state index contributed by atoms with van der Waals surface area (Å²) in [7, 11) is 0. The van der Waals surface area contributed by atoms with E-state index in [0.717, 1.165) is 54.7 Å². The summed E-state index contributed by atoms with van der Waals surface area (Å²) in [5, 5.41) is 0.451. The van der Waals surface area contributed by atoms with E-state index in [2.05, 4.69) is 30.9 Å². The fraction of sp³-hybridized carbons (Fsp3) is 0.409. The van der Waals surface area contributed by atoms with E-state index in [4.69, 9.17) is 9.47 Å². The highest BCUT2D eigenvalue weighted by Crippen LogP contribution is 2.33. The summed E-state index contributed by atoms with van der Waals surface area (Å²) < 4.78 is 10.8. The zero-order valence-electron chi connectivity index (χ0n) is 16.4. The number of fused-ring (bicyclic) bond motifs is 1. The van der Waals surface area contributed by atoms with Crippen LogP contribution in [-0.4, -0.2) is 53.9 Å². The number of hydrogen-bond donors (Lipinski definition) is 0. The van der Waals surface area contributed by atoms with Crippen molar-refractivity contribution in [1.29, 1.82) is 0 Å². The van der Waals surface area contributed by atoms with E-state index in [9.17, 15) is 4.79 Å². The lowest BCUT2D eigenvalue weighted by Crippen LogP contribution is -2.48. The molecule has 1 saturated heterocycles. The fourth-order valence-corrected chi connectivity index (χ4v) is 4.52. The molecule has 0 N–H and O–H groups in total. The zero-order valence-corrected chi connectivity index (χ0v) is 17.2. The molecular formula is C22H26N2O3S. The lowest BCUT2D eigenvalue weighted by molar-refractivity contribution is 0.0625. The van der Waals surface area contributed by atoms with Gasteiger partial charge in [0.25, 0.3) is 5.91 Å². The van der Waals surface area contributed by atoms with Crippen molar-refractivity contribution in [1.82, 2.24) is 9.80 Å². The minimum Gasteiger partial charge on any atom is -0.454 e. The van der Waals surface area contributed by atoms with Crippen LogP contribution in [0, 0.1) is 0 Å². The van der Waals surface area contributed by atoms with Gasteiger partial charge in [-0.1, -0.05) is 32.0 Å². The first-order valence-corrected chi connectivity index (χ1v) is 10.6. The van der Waals surface area contributed by atoms with E-state index in [1.807, 2.05) is 35.2 Å². The summed E-state index contributed by atoms with van der Waals surface area (Å²) in [6.45, 7) is 8.73. The standard InChI is InChI=1S/C22H26N2O3S/c1-16(2)28-21-6-4-3-5-18(21)22(25)24-11-9-23(10-12-24)14-17-7-8-19-20(13-17)27-15-26-19/h3-8,13,16H,9-12,14-15H2,1-2H3. The Bertz CT molecular complexity index is 847. The first-order valence-electron chi connectivity index (χ1n) is 9.76. The molecule has 4 rings (SSSR count). The molecule has 2 aromatic rings. The van der Waals surface area contributed by atoms with Gasteiger partial charge >= 0.3 is 0 Å². The first-order chi connectivity index (χ1) is 13.6. The van der Waals surface area contributed by atoms with E-state index >= 15 is 0 Å². The molecule has 2 heterocycles. The van der Waals surface area contributed by atoms with Crippen LogP contribution < -0.4 is 9.47 Å². The molecule has 0 aliphatic carbocycles. The van der Waals surface area contributed by atoms with Gasteiger partial charge in [-0.25, -0.2) is 0 Å². The Labute approximate surface area is 170 Å². The van der Waals surface area contributed by atoms with Crippen LogP contribution in [0.5, 0.6) is 11.5 Å². The zero-order chi connectivity index (χ0) is 19.5. The number of hydrogen-bond acceptors (Lipinski definition) is 5. The second-order valence-corrected chi connectivity index (χ2v) is 9.04. The summed E-state index contributed by atoms with van der Waals surface area (Å²) in [4.78, 5) is 18.5. The van der Waals surface area contributed by atoms with Crippen molar-refractivity contribution in [3.05, 3.63) is 53.6 Å². The molecule has 0 atom stereocenters. The lowest BCUT2D eigenvalue weighted by Gasteiger charge is -2.35. The normalized spacial score (nSPS) is 16.6. The highest BCUT2D eigenvalue weighted by molar-refractivity contribution is 8.00. The third-order valence-corrected chi connectivity index (χ3v) is 6.06. The topological polar surface area (TPSA) is 42.0 Å². The Kier molecular flexibility index (Phi) is 5.78. The summed E-state index contributed by atoms with van der Waals surface area (Å²) in [6, 6.07) is 14.1. The van der Waals surface area contributed by atoms with Crippen molar-refractivity contribution in [3.8, 4) is 11.5 Å². The van der Waals surface area contributed by atoms with Crippen molar-refractivity contribution in [2.75, 3.05) is 33.0 Å². The lowest BCUT2D eigenvalue weighted by atomic mass is 10.1. The van der Waals surface area contributed by atoms with Crippen molar-refractivity contribution >= 4 is 17.7 Å². The van der Waals surface area contributed by atoms with E-state index in [0.29, 0.717) is 12.0 Å². The molecule has 148 valence electrons. The van der Waals surface area contributed by atoms with Gasteiger partial charge in [0.2, 0.25) is 6.79 Å². The molecule has 0 bridgehead atoms. The molecule has 5 nitrogen and oxygen atoms in total. The average molecular weight is 399 g/mol. The quantitative estimate of drug-likeness (QED) is 0.715. The van der Waals surface area contributed by atoms with Gasteiger partial charge in [0.1, 0.15) is 0 Å². The molecular weight excluding hydrogens is 372 g/mol. The Hall–Kier alpha value is -2.18. The SMILES string of the molecule is CC(C)Sc1ccccc1C(=O)N1CCN(Cc2ccc3c(c2)OCO3)CC1. The van der Waals surface area contributed by atoms with Crippen LogP contribution in [0.25, 0.3) is 0 Å². The second-order valence-electron chi connectivity index (χ2n) is 7.42. The van der Waals surface area contributed by atoms with E-state index in [1.165, 1.54) is 5.56 Å². The molecule has 0 spiro atoms. The maximum Gasteiger partial charge on any atom is 0.255 e. The number of piperazine rings is 1. The van der Waals surface area contributed by atoms with Crippen molar-refractivity contribution in [3.63, 3.8) is 0 Å². The van der Waals surface area contributed by atoms with E-state index in [-0.39, 0.29) is 5.91 Å². The summed E-state index contributed by atoms with van der Waals surface area (Å²) in [5.74, 6) is 1.79. The maximum atomic E-state index is 13.1. The molecule has 0 aromatic heterocycles. The molecule has 1 fully saturated rings. The van der Waals surface area contributed by atoms with Crippen LogP contribution in [0.2, 0.25) is 0 Å². The Balaban J connectivity index is 1.36. The van der Waals surface area contributed by atoms with Gasteiger partial charge in [0.15, 0.2) is 11.5 Å². The third-order valence-electron chi connectivity index (χ3n) is 4.98. The van der Waals surface area contributed by atoms with Gasteiger partial charge in [-0.05, 0) is 29.8 Å². The van der Waals surface area contributed by atoms with Crippen molar-refractivity contribution in [2.45, 2.75) is 30.5 Å². The number of thioether (sulfide) groups is 1. The average Bonchev–Trinajstić information content (AvgIpc) is 3.16. The minimum absolute atomic E-state index is 0.145. The van der Waals surface area contributed by atoms with Gasteiger partial charge in [-0.3, -0.25) is 9.69 Å². The van der Waals surface area contributed by atoms with Crippen LogP contribution in [0.3, 0.4) is 0 Å². The van der Waals surface area contributed by atoms with E-state index in [1.54, 1.807) is 11.8 Å². The molecule has 2 aliphatic rings. The van der Waals surface area contributed by atoms with Crippen LogP contribution >= 0.6 is 11.8 Å². The van der Waals surface area contributed by atoms with Crippen LogP contribution in [0.4, 0.5) is 0 Å². The van der Waals surface area contributed by atoms with Crippen LogP contribution in [0.1, 0.15) is 29.8 Å². The Morgan fingerprint density at radius 3 is 2.57 bits per heavy atom. The number of carbonyl (C=O) groups excluding carboxylic acids is 1. The number of ether oxygens (including phenoxy) is 2.